The first kappa shape index (κ1) is 19.8. The van der Waals surface area contributed by atoms with E-state index in [9.17, 15) is 13.2 Å². The predicted octanol–water partition coefficient (Wildman–Crippen LogP) is 3.05. The van der Waals surface area contributed by atoms with Gasteiger partial charge in [-0.1, -0.05) is 31.2 Å². The summed E-state index contributed by atoms with van der Waals surface area (Å²) in [5.74, 6) is 0.0609. The second-order valence-corrected chi connectivity index (χ2v) is 7.80. The number of hydrogen-bond donors (Lipinski definition) is 1. The minimum absolute atomic E-state index is 0.445. The lowest BCUT2D eigenvalue weighted by Gasteiger charge is -2.28. The first-order valence-electron chi connectivity index (χ1n) is 8.30. The lowest BCUT2D eigenvalue weighted by atomic mass is 10.1. The molecule has 0 aromatic heterocycles. The third-order valence-corrected chi connectivity index (χ3v) is 5.29. The maximum atomic E-state index is 12.7. The molecular formula is C19H24N2O4S. The Morgan fingerprint density at radius 2 is 1.77 bits per heavy atom. The number of carbonyl (C=O) groups is 1. The molecule has 1 atom stereocenters. The largest absolute Gasteiger partial charge is 0.495 e. The standard InChI is InChI=1S/C19H24N2O4S/c1-5-15-10-12-16(13-11-15)21(26(4,23)24)14(2)19(22)20-17-8-6-7-9-18(17)25-3/h6-14H,5H2,1-4H3,(H,20,22)/t14-/m1/s1. The number of nitrogens with zero attached hydrogens (tertiary/aromatic N) is 1. The van der Waals surface area contributed by atoms with E-state index in [1.54, 1.807) is 43.3 Å². The third kappa shape index (κ3) is 4.54. The van der Waals surface area contributed by atoms with Crippen LogP contribution in [0.1, 0.15) is 19.4 Å². The normalized spacial score (nSPS) is 12.3. The van der Waals surface area contributed by atoms with Crippen molar-refractivity contribution in [1.82, 2.24) is 0 Å². The zero-order valence-corrected chi connectivity index (χ0v) is 16.2. The number of para-hydroxylation sites is 2. The quantitative estimate of drug-likeness (QED) is 0.806. The highest BCUT2D eigenvalue weighted by atomic mass is 32.2. The van der Waals surface area contributed by atoms with Crippen LogP contribution >= 0.6 is 0 Å². The van der Waals surface area contributed by atoms with Crippen LogP contribution < -0.4 is 14.4 Å². The first-order valence-corrected chi connectivity index (χ1v) is 10.1. The van der Waals surface area contributed by atoms with Crippen molar-refractivity contribution < 1.29 is 17.9 Å². The SMILES string of the molecule is CCc1ccc(N([C@H](C)C(=O)Nc2ccccc2OC)S(C)(=O)=O)cc1. The Morgan fingerprint density at radius 3 is 2.31 bits per heavy atom. The molecule has 0 fully saturated rings. The number of benzene rings is 2. The van der Waals surface area contributed by atoms with E-state index in [-0.39, 0.29) is 0 Å². The predicted molar refractivity (Wildman–Crippen MR) is 104 cm³/mol. The molecule has 0 unspecified atom stereocenters. The zero-order valence-electron chi connectivity index (χ0n) is 15.4. The van der Waals surface area contributed by atoms with Gasteiger partial charge in [-0.3, -0.25) is 9.10 Å². The molecule has 1 N–H and O–H groups in total. The second kappa shape index (κ2) is 8.23. The lowest BCUT2D eigenvalue weighted by molar-refractivity contribution is -0.116. The molecule has 2 aromatic carbocycles. The average Bonchev–Trinajstić information content (AvgIpc) is 2.61. The number of nitrogens with one attached hydrogen (secondary N) is 1. The minimum Gasteiger partial charge on any atom is -0.495 e. The van der Waals surface area contributed by atoms with E-state index < -0.39 is 22.0 Å². The van der Waals surface area contributed by atoms with Crippen LogP contribution in [0.3, 0.4) is 0 Å². The van der Waals surface area contributed by atoms with Gasteiger partial charge in [0.1, 0.15) is 11.8 Å². The van der Waals surface area contributed by atoms with Gasteiger partial charge in [-0.2, -0.15) is 0 Å². The fourth-order valence-corrected chi connectivity index (χ4v) is 3.85. The van der Waals surface area contributed by atoms with Gasteiger partial charge in [0.15, 0.2) is 0 Å². The van der Waals surface area contributed by atoms with Crippen molar-refractivity contribution >= 4 is 27.3 Å². The molecular weight excluding hydrogens is 352 g/mol. The molecule has 0 aliphatic carbocycles. The summed E-state index contributed by atoms with van der Waals surface area (Å²) in [5.41, 5.74) is 2.03. The summed E-state index contributed by atoms with van der Waals surface area (Å²) in [4.78, 5) is 12.7. The average molecular weight is 376 g/mol. The van der Waals surface area contributed by atoms with Crippen molar-refractivity contribution in [3.63, 3.8) is 0 Å². The monoisotopic (exact) mass is 376 g/mol. The van der Waals surface area contributed by atoms with Gasteiger partial charge in [-0.05, 0) is 43.2 Å². The maximum Gasteiger partial charge on any atom is 0.248 e. The maximum absolute atomic E-state index is 12.7. The number of hydrogen-bond acceptors (Lipinski definition) is 4. The van der Waals surface area contributed by atoms with Crippen molar-refractivity contribution in [3.05, 3.63) is 54.1 Å². The van der Waals surface area contributed by atoms with Gasteiger partial charge >= 0.3 is 0 Å². The Morgan fingerprint density at radius 1 is 1.15 bits per heavy atom. The fourth-order valence-electron chi connectivity index (χ4n) is 2.67. The first-order chi connectivity index (χ1) is 12.3. The summed E-state index contributed by atoms with van der Waals surface area (Å²) in [5, 5.41) is 2.74. The number of sulfonamides is 1. The van der Waals surface area contributed by atoms with Crippen molar-refractivity contribution in [3.8, 4) is 5.75 Å². The second-order valence-electron chi connectivity index (χ2n) is 5.94. The molecule has 0 aliphatic rings. The van der Waals surface area contributed by atoms with E-state index >= 15 is 0 Å². The van der Waals surface area contributed by atoms with Crippen molar-refractivity contribution in [2.75, 3.05) is 23.0 Å². The van der Waals surface area contributed by atoms with Gasteiger partial charge in [0, 0.05) is 0 Å². The van der Waals surface area contributed by atoms with Crippen LogP contribution in [-0.2, 0) is 21.2 Å². The fraction of sp³-hybridized carbons (Fsp3) is 0.316. The lowest BCUT2D eigenvalue weighted by Crippen LogP contribution is -2.45. The molecule has 0 heterocycles. The summed E-state index contributed by atoms with van der Waals surface area (Å²) in [7, 11) is -2.14. The number of ether oxygens (including phenoxy) is 1. The molecule has 1 amide bonds. The highest BCUT2D eigenvalue weighted by Crippen LogP contribution is 2.25. The summed E-state index contributed by atoms with van der Waals surface area (Å²) < 4.78 is 31.0. The summed E-state index contributed by atoms with van der Waals surface area (Å²) >= 11 is 0. The number of anilines is 2. The minimum atomic E-state index is -3.65. The van der Waals surface area contributed by atoms with Crippen LogP contribution in [0.5, 0.6) is 5.75 Å². The highest BCUT2D eigenvalue weighted by molar-refractivity contribution is 7.92. The molecule has 6 nitrogen and oxygen atoms in total. The Balaban J connectivity index is 2.31. The molecule has 0 spiro atoms. The van der Waals surface area contributed by atoms with Gasteiger partial charge in [0.2, 0.25) is 15.9 Å². The van der Waals surface area contributed by atoms with E-state index in [4.69, 9.17) is 4.74 Å². The van der Waals surface area contributed by atoms with Crippen LogP contribution in [-0.4, -0.2) is 33.7 Å². The van der Waals surface area contributed by atoms with Crippen molar-refractivity contribution in [2.45, 2.75) is 26.3 Å². The zero-order chi connectivity index (χ0) is 19.3. The molecule has 0 saturated carbocycles. The molecule has 0 radical (unpaired) electrons. The summed E-state index contributed by atoms with van der Waals surface area (Å²) in [6.07, 6.45) is 1.94. The molecule has 140 valence electrons. The molecule has 0 aliphatic heterocycles. The van der Waals surface area contributed by atoms with Gasteiger partial charge in [0.05, 0.1) is 24.7 Å². The van der Waals surface area contributed by atoms with Gasteiger partial charge in [-0.15, -0.1) is 0 Å². The molecule has 7 heteroatoms. The third-order valence-electron chi connectivity index (χ3n) is 4.05. The summed E-state index contributed by atoms with van der Waals surface area (Å²) in [6, 6.07) is 13.2. The van der Waals surface area contributed by atoms with Crippen molar-refractivity contribution in [2.24, 2.45) is 0 Å². The topological polar surface area (TPSA) is 75.7 Å². The van der Waals surface area contributed by atoms with E-state index in [1.165, 1.54) is 7.11 Å². The highest BCUT2D eigenvalue weighted by Gasteiger charge is 2.29. The molecule has 26 heavy (non-hydrogen) atoms. The number of aryl methyl sites for hydroxylation is 1. The molecule has 2 aromatic rings. The van der Waals surface area contributed by atoms with E-state index in [1.807, 2.05) is 19.1 Å². The number of amides is 1. The van der Waals surface area contributed by atoms with E-state index in [0.717, 1.165) is 22.5 Å². The smallest absolute Gasteiger partial charge is 0.248 e. The Bertz CT molecular complexity index is 863. The van der Waals surface area contributed by atoms with Gasteiger partial charge in [-0.25, -0.2) is 8.42 Å². The van der Waals surface area contributed by atoms with E-state index in [0.29, 0.717) is 17.1 Å². The number of methoxy groups -OCH3 is 1. The van der Waals surface area contributed by atoms with E-state index in [2.05, 4.69) is 5.32 Å². The van der Waals surface area contributed by atoms with Crippen LogP contribution in [0.4, 0.5) is 11.4 Å². The summed E-state index contributed by atoms with van der Waals surface area (Å²) in [6.45, 7) is 3.58. The van der Waals surface area contributed by atoms with Crippen LogP contribution in [0.15, 0.2) is 48.5 Å². The van der Waals surface area contributed by atoms with Gasteiger partial charge < -0.3 is 10.1 Å². The van der Waals surface area contributed by atoms with Gasteiger partial charge in [0.25, 0.3) is 0 Å². The van der Waals surface area contributed by atoms with Crippen LogP contribution in [0, 0.1) is 0 Å². The molecule has 0 saturated heterocycles. The number of carbonyl (C=O) groups excluding carboxylic acids is 1. The van der Waals surface area contributed by atoms with Crippen molar-refractivity contribution in [1.29, 1.82) is 0 Å². The molecule has 0 bridgehead atoms. The van der Waals surface area contributed by atoms with Crippen LogP contribution in [0.25, 0.3) is 0 Å². The Kier molecular flexibility index (Phi) is 6.26. The van der Waals surface area contributed by atoms with Crippen LogP contribution in [0.2, 0.25) is 0 Å². The Labute approximate surface area is 154 Å². The molecule has 2 rings (SSSR count). The Hall–Kier alpha value is -2.54. The number of rotatable bonds is 7.